The van der Waals surface area contributed by atoms with Crippen LogP contribution in [0.5, 0.6) is 0 Å². The van der Waals surface area contributed by atoms with E-state index < -0.39 is 54.2 Å². The largest absolute Gasteiger partial charge is 0.481 e. The molecule has 9 nitrogen and oxygen atoms in total. The van der Waals surface area contributed by atoms with Gasteiger partial charge in [0.1, 0.15) is 6.10 Å². The molecular weight excluding hydrogens is 351 g/mol. The fourth-order valence-corrected chi connectivity index (χ4v) is 2.77. The predicted octanol–water partition coefficient (Wildman–Crippen LogP) is 0.657. The molecule has 4 atom stereocenters. The molecule has 144 valence electrons. The molecule has 2 heterocycles. The standard InChI is InChI=1S/C16H21FN2O7/c1-3-4-9-13(26-11(22)6-5-10(20)21)12(17)15(25-9)19-7-8(2)14(23)18-16(19)24/h7,9,12-13,15H,3-6H2,1-2H3,(H,20,21)(H,18,23,24)/t9-,12-,13-,15-/m1/s1. The first-order valence-corrected chi connectivity index (χ1v) is 8.27. The number of esters is 1. The number of hydrogen-bond donors (Lipinski definition) is 2. The van der Waals surface area contributed by atoms with Crippen LogP contribution in [0.3, 0.4) is 0 Å². The second-order valence-electron chi connectivity index (χ2n) is 6.13. The van der Waals surface area contributed by atoms with Crippen molar-refractivity contribution < 1.29 is 28.6 Å². The number of aliphatic carboxylic acids is 1. The lowest BCUT2D eigenvalue weighted by Gasteiger charge is -2.19. The zero-order chi connectivity index (χ0) is 19.4. The summed E-state index contributed by atoms with van der Waals surface area (Å²) in [6.07, 6.45) is -3.87. The third-order valence-corrected chi connectivity index (χ3v) is 4.07. The lowest BCUT2D eigenvalue weighted by atomic mass is 10.1. The minimum Gasteiger partial charge on any atom is -0.481 e. The molecule has 1 aliphatic heterocycles. The zero-order valence-corrected chi connectivity index (χ0v) is 14.4. The predicted molar refractivity (Wildman–Crippen MR) is 86.5 cm³/mol. The van der Waals surface area contributed by atoms with Gasteiger partial charge in [-0.15, -0.1) is 0 Å². The van der Waals surface area contributed by atoms with E-state index in [0.717, 1.165) is 4.57 Å². The number of hydrogen-bond acceptors (Lipinski definition) is 6. The Balaban J connectivity index is 2.23. The number of alkyl halides is 1. The Hall–Kier alpha value is -2.49. The highest BCUT2D eigenvalue weighted by atomic mass is 19.1. The highest BCUT2D eigenvalue weighted by Crippen LogP contribution is 2.35. The minimum absolute atomic E-state index is 0.203. The van der Waals surface area contributed by atoms with Gasteiger partial charge in [0.15, 0.2) is 18.5 Å². The normalized spacial score (nSPS) is 25.2. The number of nitrogens with one attached hydrogen (secondary N) is 1. The summed E-state index contributed by atoms with van der Waals surface area (Å²) in [5.41, 5.74) is -1.21. The van der Waals surface area contributed by atoms with Crippen LogP contribution >= 0.6 is 0 Å². The average molecular weight is 372 g/mol. The van der Waals surface area contributed by atoms with E-state index in [1.807, 2.05) is 6.92 Å². The first-order valence-electron chi connectivity index (χ1n) is 8.27. The van der Waals surface area contributed by atoms with E-state index in [4.69, 9.17) is 14.6 Å². The lowest BCUT2D eigenvalue weighted by molar-refractivity contribution is -0.156. The molecular formula is C16H21FN2O7. The van der Waals surface area contributed by atoms with Gasteiger partial charge in [-0.2, -0.15) is 0 Å². The van der Waals surface area contributed by atoms with E-state index in [9.17, 15) is 23.6 Å². The van der Waals surface area contributed by atoms with Gasteiger partial charge in [0.25, 0.3) is 5.56 Å². The third-order valence-electron chi connectivity index (χ3n) is 4.07. The van der Waals surface area contributed by atoms with Gasteiger partial charge in [0.05, 0.1) is 12.8 Å². The summed E-state index contributed by atoms with van der Waals surface area (Å²) in [4.78, 5) is 47.8. The Morgan fingerprint density at radius 1 is 1.38 bits per heavy atom. The summed E-state index contributed by atoms with van der Waals surface area (Å²) in [6, 6.07) is 0. The first-order chi connectivity index (χ1) is 12.2. The molecule has 1 saturated heterocycles. The molecule has 2 N–H and O–H groups in total. The second kappa shape index (κ2) is 8.26. The molecule has 1 fully saturated rings. The average Bonchev–Trinajstić information content (AvgIpc) is 2.86. The second-order valence-corrected chi connectivity index (χ2v) is 6.13. The van der Waals surface area contributed by atoms with Crippen molar-refractivity contribution in [2.75, 3.05) is 0 Å². The summed E-state index contributed by atoms with van der Waals surface area (Å²) in [6.45, 7) is 3.30. The number of carbonyl (C=O) groups excluding carboxylic acids is 1. The van der Waals surface area contributed by atoms with Gasteiger partial charge in [-0.3, -0.25) is 23.9 Å². The minimum atomic E-state index is -1.84. The van der Waals surface area contributed by atoms with Gasteiger partial charge >= 0.3 is 17.6 Å². The number of rotatable bonds is 7. The van der Waals surface area contributed by atoms with E-state index in [-0.39, 0.29) is 12.0 Å². The van der Waals surface area contributed by atoms with E-state index in [1.54, 1.807) is 0 Å². The maximum Gasteiger partial charge on any atom is 0.330 e. The van der Waals surface area contributed by atoms with Crippen LogP contribution in [0.25, 0.3) is 0 Å². The number of halogens is 1. The Bertz CT molecular complexity index is 788. The summed E-state index contributed by atoms with van der Waals surface area (Å²) in [7, 11) is 0. The molecule has 0 unspecified atom stereocenters. The van der Waals surface area contributed by atoms with Gasteiger partial charge in [-0.1, -0.05) is 13.3 Å². The Labute approximate surface area is 147 Å². The molecule has 2 rings (SSSR count). The molecule has 0 aliphatic carbocycles. The van der Waals surface area contributed by atoms with E-state index in [1.165, 1.54) is 13.1 Å². The molecule has 0 amide bonds. The van der Waals surface area contributed by atoms with Crippen molar-refractivity contribution in [3.05, 3.63) is 32.6 Å². The fraction of sp³-hybridized carbons (Fsp3) is 0.625. The Morgan fingerprint density at radius 3 is 2.69 bits per heavy atom. The van der Waals surface area contributed by atoms with Crippen LogP contribution in [-0.4, -0.2) is 45.0 Å². The maximum atomic E-state index is 14.9. The number of aromatic nitrogens is 2. The molecule has 1 aromatic heterocycles. The van der Waals surface area contributed by atoms with Crippen molar-refractivity contribution >= 4 is 11.9 Å². The SMILES string of the molecule is CCC[C@H]1O[C@@H](n2cc(C)c(=O)[nH]c2=O)[C@H](F)[C@@H]1OC(=O)CCC(=O)O. The van der Waals surface area contributed by atoms with Crippen LogP contribution in [0, 0.1) is 6.92 Å². The van der Waals surface area contributed by atoms with Crippen LogP contribution in [0.4, 0.5) is 4.39 Å². The first kappa shape index (κ1) is 19.8. The number of H-pyrrole nitrogens is 1. The number of carboxylic acids is 1. The highest BCUT2D eigenvalue weighted by Gasteiger charge is 2.48. The zero-order valence-electron chi connectivity index (χ0n) is 14.4. The fourth-order valence-electron chi connectivity index (χ4n) is 2.77. The Kier molecular flexibility index (Phi) is 6.30. The number of nitrogens with zero attached hydrogens (tertiary/aromatic N) is 1. The molecule has 0 spiro atoms. The Morgan fingerprint density at radius 2 is 2.08 bits per heavy atom. The van der Waals surface area contributed by atoms with Crippen molar-refractivity contribution in [2.45, 2.75) is 64.1 Å². The number of ether oxygens (including phenoxy) is 2. The van der Waals surface area contributed by atoms with Crippen molar-refractivity contribution in [1.82, 2.24) is 9.55 Å². The molecule has 0 radical (unpaired) electrons. The summed E-state index contributed by atoms with van der Waals surface area (Å²) < 4.78 is 26.5. The van der Waals surface area contributed by atoms with E-state index in [0.29, 0.717) is 12.8 Å². The van der Waals surface area contributed by atoms with E-state index >= 15 is 0 Å². The topological polar surface area (TPSA) is 128 Å². The van der Waals surface area contributed by atoms with Crippen LogP contribution < -0.4 is 11.2 Å². The van der Waals surface area contributed by atoms with Gasteiger partial charge in [-0.25, -0.2) is 9.18 Å². The van der Waals surface area contributed by atoms with Gasteiger partial charge in [0.2, 0.25) is 0 Å². The van der Waals surface area contributed by atoms with Crippen LogP contribution in [-0.2, 0) is 19.1 Å². The lowest BCUT2D eigenvalue weighted by Crippen LogP contribution is -2.38. The molecule has 0 saturated carbocycles. The molecule has 1 aromatic rings. The van der Waals surface area contributed by atoms with Gasteiger partial charge < -0.3 is 14.6 Å². The summed E-state index contributed by atoms with van der Waals surface area (Å²) >= 11 is 0. The van der Waals surface area contributed by atoms with Crippen LogP contribution in [0.15, 0.2) is 15.8 Å². The van der Waals surface area contributed by atoms with Crippen LogP contribution in [0.2, 0.25) is 0 Å². The molecule has 10 heteroatoms. The molecule has 1 aliphatic rings. The molecule has 0 aromatic carbocycles. The monoisotopic (exact) mass is 372 g/mol. The van der Waals surface area contributed by atoms with Crippen LogP contribution in [0.1, 0.15) is 44.4 Å². The van der Waals surface area contributed by atoms with Crippen molar-refractivity contribution in [1.29, 1.82) is 0 Å². The number of aryl methyl sites for hydroxylation is 1. The quantitative estimate of drug-likeness (QED) is 0.673. The number of carbonyl (C=O) groups is 2. The van der Waals surface area contributed by atoms with Crippen molar-refractivity contribution in [2.24, 2.45) is 0 Å². The molecule has 0 bridgehead atoms. The van der Waals surface area contributed by atoms with Gasteiger partial charge in [0, 0.05) is 11.8 Å². The number of carboxylic acid groups (broad SMARTS) is 1. The van der Waals surface area contributed by atoms with Crippen molar-refractivity contribution in [3.63, 3.8) is 0 Å². The molecule has 26 heavy (non-hydrogen) atoms. The number of aromatic amines is 1. The van der Waals surface area contributed by atoms with E-state index in [2.05, 4.69) is 4.98 Å². The summed E-state index contributed by atoms with van der Waals surface area (Å²) in [5.74, 6) is -2.02. The maximum absolute atomic E-state index is 14.9. The summed E-state index contributed by atoms with van der Waals surface area (Å²) in [5, 5.41) is 8.61. The third kappa shape index (κ3) is 4.37. The van der Waals surface area contributed by atoms with Gasteiger partial charge in [-0.05, 0) is 13.3 Å². The smallest absolute Gasteiger partial charge is 0.330 e. The van der Waals surface area contributed by atoms with Crippen molar-refractivity contribution in [3.8, 4) is 0 Å². The highest BCUT2D eigenvalue weighted by molar-refractivity contribution is 5.76.